The van der Waals surface area contributed by atoms with E-state index < -0.39 is 32.3 Å². The van der Waals surface area contributed by atoms with E-state index in [1.807, 2.05) is 67.5 Å². The van der Waals surface area contributed by atoms with Gasteiger partial charge in [0.2, 0.25) is 0 Å². The van der Waals surface area contributed by atoms with Gasteiger partial charge in [-0.2, -0.15) is 0 Å². The van der Waals surface area contributed by atoms with Gasteiger partial charge < -0.3 is 37.1 Å². The first-order valence-corrected chi connectivity index (χ1v) is 31.7. The number of benzene rings is 10. The number of aromatic nitrogens is 2. The van der Waals surface area contributed by atoms with Gasteiger partial charge in [-0.05, 0) is 177 Å². The van der Waals surface area contributed by atoms with Crippen LogP contribution in [0.15, 0.2) is 243 Å². The summed E-state index contributed by atoms with van der Waals surface area (Å²) < 4.78 is 41.6. The zero-order valence-corrected chi connectivity index (χ0v) is 54.3. The van der Waals surface area contributed by atoms with Gasteiger partial charge in [0.1, 0.15) is 0 Å². The molecule has 8 nitrogen and oxygen atoms in total. The largest absolute Gasteiger partial charge is 0.494 e. The summed E-state index contributed by atoms with van der Waals surface area (Å²) in [6, 6.07) is 85.8. The molecule has 90 heavy (non-hydrogen) atoms. The zero-order chi connectivity index (χ0) is 63.0. The monoisotopic (exact) mass is 1200 g/mol. The maximum Gasteiger partial charge on any atom is 0.494 e. The number of fused-ring (bicyclic) bond motifs is 6. The lowest BCUT2D eigenvalue weighted by molar-refractivity contribution is 0.00578. The molecule has 0 N–H and O–H groups in total. The molecular formula is C78H76B3ClN2O6. The lowest BCUT2D eigenvalue weighted by Crippen LogP contribution is -2.41. The third-order valence-corrected chi connectivity index (χ3v) is 19.7. The van der Waals surface area contributed by atoms with Gasteiger partial charge in [-0.3, -0.25) is 0 Å². The first kappa shape index (κ1) is 60.9. The predicted octanol–water partition coefficient (Wildman–Crippen LogP) is 19.4. The van der Waals surface area contributed by atoms with E-state index in [4.69, 9.17) is 39.5 Å². The van der Waals surface area contributed by atoms with Gasteiger partial charge in [0.25, 0.3) is 0 Å². The standard InChI is InChI=1S/C36H32BNO2.C30H20ClN.C12H24B2O4/c1-35(2)36(3,4)40-37(39-35)28-21-22-29(27-16-12-15-26(23-27)25-13-6-5-7-14-25)34(24-28)38-32-19-10-8-17-30(32)31-18-9-11-20-33(31)38;31-24-17-18-25(23-12-8-11-22(19-23)21-9-2-1-3-10-21)30(20-24)32-28-15-6-4-13-26(28)27-14-5-7-16-29(27)32;1-9(2)10(3,4)16-13(15-9)14-17-11(5,6)12(7,8)18-14/h5-24H,1-4H3;1-20H;1-8H3. The Morgan fingerprint density at radius 3 is 0.956 bits per heavy atom. The SMILES string of the molecule is CC1(C)OB(B2OC(C)(C)C(C)(C)O2)OC1(C)C.CC1(C)OB(c2ccc(-c3cccc(-c4ccccc4)c3)c(-n3c4ccccc4c4ccccc43)c2)OC1(C)C.Clc1ccc(-c2cccc(-c3ccccc3)c2)c(-n2c3ccccc3c3ccccc32)c1. The van der Waals surface area contributed by atoms with Crippen LogP contribution in [-0.2, 0) is 27.9 Å². The second kappa shape index (κ2) is 23.4. The fourth-order valence-electron chi connectivity index (χ4n) is 12.4. The van der Waals surface area contributed by atoms with Gasteiger partial charge in [0, 0.05) is 37.7 Å². The van der Waals surface area contributed by atoms with E-state index in [0.29, 0.717) is 0 Å². The summed E-state index contributed by atoms with van der Waals surface area (Å²) in [5, 5.41) is 5.69. The van der Waals surface area contributed by atoms with E-state index in [9.17, 15) is 0 Å². The summed E-state index contributed by atoms with van der Waals surface area (Å²) in [5.74, 6) is 0. The van der Waals surface area contributed by atoms with E-state index >= 15 is 0 Å². The van der Waals surface area contributed by atoms with Crippen molar-refractivity contribution >= 4 is 81.8 Å². The zero-order valence-electron chi connectivity index (χ0n) is 53.5. The van der Waals surface area contributed by atoms with Crippen molar-refractivity contribution in [2.45, 2.75) is 117 Å². The number of halogens is 1. The third-order valence-electron chi connectivity index (χ3n) is 19.5. The second-order valence-corrected chi connectivity index (χ2v) is 27.3. The lowest BCUT2D eigenvalue weighted by atomic mass is 9.49. The Kier molecular flexibility index (Phi) is 15.8. The first-order chi connectivity index (χ1) is 43.0. The Labute approximate surface area is 536 Å². The molecule has 3 aliphatic rings. The van der Waals surface area contributed by atoms with Crippen molar-refractivity contribution in [1.29, 1.82) is 0 Å². The number of para-hydroxylation sites is 4. The van der Waals surface area contributed by atoms with Crippen LogP contribution >= 0.6 is 11.6 Å². The van der Waals surface area contributed by atoms with Crippen LogP contribution < -0.4 is 5.46 Å². The van der Waals surface area contributed by atoms with Crippen molar-refractivity contribution in [3.8, 4) is 55.9 Å². The highest BCUT2D eigenvalue weighted by Gasteiger charge is 2.64. The number of nitrogens with zero attached hydrogens (tertiary/aromatic N) is 2. The molecule has 450 valence electrons. The number of rotatable bonds is 8. The van der Waals surface area contributed by atoms with Crippen LogP contribution in [-0.4, -0.2) is 63.9 Å². The Balaban J connectivity index is 0.000000133. The molecule has 12 aromatic rings. The van der Waals surface area contributed by atoms with Gasteiger partial charge in [-0.15, -0.1) is 0 Å². The number of hydrogen-bond acceptors (Lipinski definition) is 6. The minimum atomic E-state index is -0.476. The Bertz CT molecular complexity index is 4440. The van der Waals surface area contributed by atoms with Crippen LogP contribution in [0.5, 0.6) is 0 Å². The van der Waals surface area contributed by atoms with Crippen LogP contribution in [0.4, 0.5) is 0 Å². The van der Waals surface area contributed by atoms with Crippen molar-refractivity contribution in [2.24, 2.45) is 0 Å². The molecule has 0 unspecified atom stereocenters. The molecule has 15 rings (SSSR count). The van der Waals surface area contributed by atoms with Crippen molar-refractivity contribution in [3.63, 3.8) is 0 Å². The minimum absolute atomic E-state index is 0.360. The van der Waals surface area contributed by atoms with Gasteiger partial charge >= 0.3 is 21.1 Å². The maximum absolute atomic E-state index is 6.54. The molecule has 12 heteroatoms. The van der Waals surface area contributed by atoms with Crippen LogP contribution in [0.3, 0.4) is 0 Å². The highest BCUT2D eigenvalue weighted by Crippen LogP contribution is 2.45. The lowest BCUT2D eigenvalue weighted by Gasteiger charge is -2.32. The molecule has 0 spiro atoms. The Morgan fingerprint density at radius 2 is 0.578 bits per heavy atom. The molecule has 5 heterocycles. The molecule has 10 aromatic carbocycles. The molecular weight excluding hydrogens is 1130 g/mol. The number of hydrogen-bond donors (Lipinski definition) is 0. The highest BCUT2D eigenvalue weighted by molar-refractivity contribution is 7.11. The summed E-state index contributed by atoms with van der Waals surface area (Å²) in [4.78, 5) is 0. The van der Waals surface area contributed by atoms with Crippen LogP contribution in [0.2, 0.25) is 5.02 Å². The van der Waals surface area contributed by atoms with Crippen LogP contribution in [0, 0.1) is 0 Å². The molecule has 2 aromatic heterocycles. The first-order valence-electron chi connectivity index (χ1n) is 31.3. The van der Waals surface area contributed by atoms with E-state index in [0.717, 1.165) is 33.0 Å². The molecule has 3 fully saturated rings. The molecule has 0 aliphatic carbocycles. The van der Waals surface area contributed by atoms with Gasteiger partial charge in [-0.25, -0.2) is 0 Å². The molecule has 3 saturated heterocycles. The van der Waals surface area contributed by atoms with Gasteiger partial charge in [0.15, 0.2) is 0 Å². The summed E-state index contributed by atoms with van der Waals surface area (Å²) in [5.41, 5.74) is 15.1. The van der Waals surface area contributed by atoms with Crippen molar-refractivity contribution in [3.05, 3.63) is 248 Å². The predicted molar refractivity (Wildman–Crippen MR) is 376 cm³/mol. The maximum atomic E-state index is 6.54. The van der Waals surface area contributed by atoms with Crippen molar-refractivity contribution in [2.75, 3.05) is 0 Å². The fraction of sp³-hybridized carbons (Fsp3) is 0.231. The van der Waals surface area contributed by atoms with Gasteiger partial charge in [-0.1, -0.05) is 200 Å². The summed E-state index contributed by atoms with van der Waals surface area (Å²) in [6.45, 7) is 24.6. The van der Waals surface area contributed by atoms with Gasteiger partial charge in [0.05, 0.1) is 67.0 Å². The molecule has 3 aliphatic heterocycles. The van der Waals surface area contributed by atoms with Crippen LogP contribution in [0.1, 0.15) is 83.1 Å². The summed E-state index contributed by atoms with van der Waals surface area (Å²) >= 11 is 6.54. The smallest absolute Gasteiger partial charge is 0.405 e. The minimum Gasteiger partial charge on any atom is -0.405 e. The van der Waals surface area contributed by atoms with Crippen molar-refractivity contribution < 1.29 is 27.9 Å². The summed E-state index contributed by atoms with van der Waals surface area (Å²) in [6.07, 6.45) is 0. The quantitative estimate of drug-likeness (QED) is 0.141. The fourth-order valence-corrected chi connectivity index (χ4v) is 12.6. The van der Waals surface area contributed by atoms with E-state index in [2.05, 4.69) is 267 Å². The molecule has 0 atom stereocenters. The summed E-state index contributed by atoms with van der Waals surface area (Å²) in [7, 11) is -1.39. The third kappa shape index (κ3) is 11.2. The van der Waals surface area contributed by atoms with E-state index in [1.165, 1.54) is 77.0 Å². The molecule has 0 bridgehead atoms. The Hall–Kier alpha value is -7.96. The van der Waals surface area contributed by atoms with Crippen LogP contribution in [0.25, 0.3) is 99.5 Å². The second-order valence-electron chi connectivity index (χ2n) is 26.9. The average molecular weight is 1210 g/mol. The topological polar surface area (TPSA) is 65.2 Å². The normalized spacial score (nSPS) is 17.6. The van der Waals surface area contributed by atoms with E-state index in [-0.39, 0.29) is 22.4 Å². The molecule has 0 radical (unpaired) electrons. The Morgan fingerprint density at radius 1 is 0.278 bits per heavy atom. The van der Waals surface area contributed by atoms with E-state index in [1.54, 1.807) is 0 Å². The van der Waals surface area contributed by atoms with Crippen molar-refractivity contribution in [1.82, 2.24) is 9.13 Å². The molecule has 0 amide bonds. The molecule has 0 saturated carbocycles. The highest BCUT2D eigenvalue weighted by atomic mass is 35.5. The average Bonchev–Trinajstić information content (AvgIpc) is 1.63.